The van der Waals surface area contributed by atoms with Gasteiger partial charge in [-0.1, -0.05) is 6.07 Å². The number of carbonyl (C=O) groups is 1. The minimum Gasteiger partial charge on any atom is -0.497 e. The molecule has 1 aromatic carbocycles. The van der Waals surface area contributed by atoms with Crippen LogP contribution < -0.4 is 10.2 Å². The van der Waals surface area contributed by atoms with Crippen LogP contribution in [0.2, 0.25) is 0 Å². The zero-order valence-electron chi connectivity index (χ0n) is 11.2. The van der Waals surface area contributed by atoms with Crippen molar-refractivity contribution in [2.75, 3.05) is 7.11 Å². The number of hydrazone groups is 1. The summed E-state index contributed by atoms with van der Waals surface area (Å²) in [6.45, 7) is 1.75. The van der Waals surface area contributed by atoms with Crippen molar-refractivity contribution in [3.8, 4) is 5.75 Å². The van der Waals surface area contributed by atoms with Gasteiger partial charge in [0.25, 0.3) is 5.91 Å². The summed E-state index contributed by atoms with van der Waals surface area (Å²) >= 11 is 0. The summed E-state index contributed by atoms with van der Waals surface area (Å²) in [6.07, 6.45) is 4.72. The topological polar surface area (TPSA) is 76.5 Å². The lowest BCUT2D eigenvalue weighted by Crippen LogP contribution is -2.19. The van der Waals surface area contributed by atoms with Gasteiger partial charge in [0.1, 0.15) is 11.4 Å². The standard InChI is InChI=1S/C14H14N4O2/c1-10(13-9-15-6-7-16-13)17-18-14(19)11-4-3-5-12(8-11)20-2/h3-9H,1-2H3,(H,18,19)/b17-10+. The Morgan fingerprint density at radius 3 is 2.90 bits per heavy atom. The average molecular weight is 270 g/mol. The molecular formula is C14H14N4O2. The summed E-state index contributed by atoms with van der Waals surface area (Å²) in [7, 11) is 1.55. The van der Waals surface area contributed by atoms with Crippen LogP contribution in [0, 0.1) is 0 Å². The molecule has 0 unspecified atom stereocenters. The number of nitrogens with zero attached hydrogens (tertiary/aromatic N) is 3. The maximum Gasteiger partial charge on any atom is 0.271 e. The molecule has 0 aliphatic rings. The molecule has 0 atom stereocenters. The van der Waals surface area contributed by atoms with Crippen molar-refractivity contribution in [1.29, 1.82) is 0 Å². The van der Waals surface area contributed by atoms with E-state index >= 15 is 0 Å². The average Bonchev–Trinajstić information content (AvgIpc) is 2.53. The Bertz CT molecular complexity index is 626. The second-order valence-electron chi connectivity index (χ2n) is 3.96. The highest BCUT2D eigenvalue weighted by Gasteiger charge is 2.06. The summed E-state index contributed by atoms with van der Waals surface area (Å²) in [4.78, 5) is 20.0. The van der Waals surface area contributed by atoms with E-state index in [2.05, 4.69) is 20.5 Å². The van der Waals surface area contributed by atoms with Crippen molar-refractivity contribution in [3.05, 3.63) is 54.1 Å². The first-order valence-electron chi connectivity index (χ1n) is 5.96. The number of amides is 1. The second-order valence-corrected chi connectivity index (χ2v) is 3.96. The van der Waals surface area contributed by atoms with Crippen LogP contribution in [-0.4, -0.2) is 28.7 Å². The van der Waals surface area contributed by atoms with Crippen molar-refractivity contribution >= 4 is 11.6 Å². The molecule has 1 heterocycles. The Hall–Kier alpha value is -2.76. The third kappa shape index (κ3) is 3.38. The van der Waals surface area contributed by atoms with E-state index < -0.39 is 0 Å². The predicted molar refractivity (Wildman–Crippen MR) is 74.7 cm³/mol. The molecule has 6 heteroatoms. The van der Waals surface area contributed by atoms with E-state index in [0.717, 1.165) is 0 Å². The number of benzene rings is 1. The van der Waals surface area contributed by atoms with Gasteiger partial charge in [0.2, 0.25) is 0 Å². The first-order valence-corrected chi connectivity index (χ1v) is 5.96. The number of hydrogen-bond acceptors (Lipinski definition) is 5. The molecule has 1 amide bonds. The number of hydrogen-bond donors (Lipinski definition) is 1. The van der Waals surface area contributed by atoms with Gasteiger partial charge in [-0.05, 0) is 25.1 Å². The van der Waals surface area contributed by atoms with Crippen LogP contribution in [0.3, 0.4) is 0 Å². The van der Waals surface area contributed by atoms with Crippen LogP contribution in [0.5, 0.6) is 5.75 Å². The monoisotopic (exact) mass is 270 g/mol. The van der Waals surface area contributed by atoms with E-state index in [0.29, 0.717) is 22.7 Å². The molecule has 0 fully saturated rings. The number of aromatic nitrogens is 2. The van der Waals surface area contributed by atoms with Gasteiger partial charge in [0, 0.05) is 18.0 Å². The molecule has 0 bridgehead atoms. The first-order chi connectivity index (χ1) is 9.70. The fraction of sp³-hybridized carbons (Fsp3) is 0.143. The van der Waals surface area contributed by atoms with Crippen LogP contribution in [0.15, 0.2) is 48.0 Å². The van der Waals surface area contributed by atoms with Gasteiger partial charge < -0.3 is 4.74 Å². The number of carbonyl (C=O) groups excluding carboxylic acids is 1. The number of ether oxygens (including phenoxy) is 1. The molecule has 2 aromatic rings. The molecule has 102 valence electrons. The summed E-state index contributed by atoms with van der Waals surface area (Å²) in [6, 6.07) is 6.84. The number of nitrogens with one attached hydrogen (secondary N) is 1. The minimum absolute atomic E-state index is 0.313. The second kappa shape index (κ2) is 6.42. The third-order valence-corrected chi connectivity index (χ3v) is 2.59. The Morgan fingerprint density at radius 1 is 1.35 bits per heavy atom. The van der Waals surface area contributed by atoms with Gasteiger partial charge in [-0.2, -0.15) is 5.10 Å². The quantitative estimate of drug-likeness (QED) is 0.677. The fourth-order valence-electron chi connectivity index (χ4n) is 1.51. The highest BCUT2D eigenvalue weighted by atomic mass is 16.5. The van der Waals surface area contributed by atoms with Crippen LogP contribution >= 0.6 is 0 Å². The SMILES string of the molecule is COc1cccc(C(=O)N/N=C(\C)c2cnccn2)c1. The predicted octanol–water partition coefficient (Wildman–Crippen LogP) is 1.64. The van der Waals surface area contributed by atoms with Gasteiger partial charge in [-0.15, -0.1) is 0 Å². The molecule has 0 spiro atoms. The summed E-state index contributed by atoms with van der Waals surface area (Å²) in [5, 5.41) is 4.00. The van der Waals surface area contributed by atoms with Crippen molar-refractivity contribution in [2.45, 2.75) is 6.92 Å². The Morgan fingerprint density at radius 2 is 2.20 bits per heavy atom. The number of rotatable bonds is 4. The molecule has 6 nitrogen and oxygen atoms in total. The van der Waals surface area contributed by atoms with E-state index in [9.17, 15) is 4.79 Å². The maximum absolute atomic E-state index is 11.9. The van der Waals surface area contributed by atoms with Gasteiger partial charge in [0.15, 0.2) is 0 Å². The highest BCUT2D eigenvalue weighted by Crippen LogP contribution is 2.12. The molecule has 0 saturated heterocycles. The van der Waals surface area contributed by atoms with Gasteiger partial charge in [0.05, 0.1) is 19.0 Å². The molecule has 0 aliphatic carbocycles. The van der Waals surface area contributed by atoms with Gasteiger partial charge >= 0.3 is 0 Å². The maximum atomic E-state index is 11.9. The van der Waals surface area contributed by atoms with Crippen LogP contribution in [0.1, 0.15) is 23.0 Å². The molecule has 2 rings (SSSR count). The smallest absolute Gasteiger partial charge is 0.271 e. The Balaban J connectivity index is 2.08. The van der Waals surface area contributed by atoms with Crippen molar-refractivity contribution < 1.29 is 9.53 Å². The van der Waals surface area contributed by atoms with Crippen molar-refractivity contribution in [2.24, 2.45) is 5.10 Å². The highest BCUT2D eigenvalue weighted by molar-refractivity contribution is 5.99. The van der Waals surface area contributed by atoms with E-state index in [1.807, 2.05) is 0 Å². The fourth-order valence-corrected chi connectivity index (χ4v) is 1.51. The summed E-state index contributed by atoms with van der Waals surface area (Å²) < 4.78 is 5.07. The largest absolute Gasteiger partial charge is 0.497 e. The van der Waals surface area contributed by atoms with Gasteiger partial charge in [-0.25, -0.2) is 5.43 Å². The van der Waals surface area contributed by atoms with E-state index in [1.54, 1.807) is 56.9 Å². The zero-order valence-corrected chi connectivity index (χ0v) is 11.2. The number of methoxy groups -OCH3 is 1. The summed E-state index contributed by atoms with van der Waals surface area (Å²) in [5.74, 6) is 0.305. The molecule has 0 saturated carbocycles. The Kier molecular flexibility index (Phi) is 4.39. The van der Waals surface area contributed by atoms with E-state index in [4.69, 9.17) is 4.74 Å². The molecule has 0 radical (unpaired) electrons. The molecule has 1 aromatic heterocycles. The first kappa shape index (κ1) is 13.7. The van der Waals surface area contributed by atoms with Crippen LogP contribution in [0.25, 0.3) is 0 Å². The third-order valence-electron chi connectivity index (χ3n) is 2.59. The van der Waals surface area contributed by atoms with E-state index in [1.165, 1.54) is 0 Å². The summed E-state index contributed by atoms with van der Waals surface area (Å²) in [5.41, 5.74) is 4.13. The lowest BCUT2D eigenvalue weighted by atomic mass is 10.2. The molecular weight excluding hydrogens is 256 g/mol. The minimum atomic E-state index is -0.313. The molecule has 1 N–H and O–H groups in total. The van der Waals surface area contributed by atoms with Gasteiger partial charge in [-0.3, -0.25) is 14.8 Å². The lowest BCUT2D eigenvalue weighted by Gasteiger charge is -2.04. The lowest BCUT2D eigenvalue weighted by molar-refractivity contribution is 0.0954. The van der Waals surface area contributed by atoms with Crippen molar-refractivity contribution in [1.82, 2.24) is 15.4 Å². The normalized spacial score (nSPS) is 11.0. The van der Waals surface area contributed by atoms with Crippen molar-refractivity contribution in [3.63, 3.8) is 0 Å². The molecule has 20 heavy (non-hydrogen) atoms. The zero-order chi connectivity index (χ0) is 14.4. The van der Waals surface area contributed by atoms with Crippen LogP contribution in [0.4, 0.5) is 0 Å². The van der Waals surface area contributed by atoms with Crippen LogP contribution in [-0.2, 0) is 0 Å². The molecule has 0 aliphatic heterocycles. The van der Waals surface area contributed by atoms with E-state index in [-0.39, 0.29) is 5.91 Å². The Labute approximate surface area is 116 Å².